The summed E-state index contributed by atoms with van der Waals surface area (Å²) in [5.41, 5.74) is 19.1. The highest BCUT2D eigenvalue weighted by molar-refractivity contribution is 6.00. The third kappa shape index (κ3) is 7.32. The molecule has 10 nitrogen and oxygen atoms in total. The van der Waals surface area contributed by atoms with Crippen molar-refractivity contribution in [3.05, 3.63) is 47.6 Å². The number of anilines is 2. The molecule has 4 unspecified atom stereocenters. The SMILES string of the molecule is CCCC1CNC(CCCCN)C(=O)NC2C=C(C(N)=O)C=CC2CNc2ccc(N)cc2C(=O)N1. The van der Waals surface area contributed by atoms with E-state index >= 15 is 0 Å². The van der Waals surface area contributed by atoms with Crippen LogP contribution in [-0.4, -0.2) is 55.5 Å². The molecule has 0 spiro atoms. The van der Waals surface area contributed by atoms with Crippen LogP contribution in [0.15, 0.2) is 42.0 Å². The van der Waals surface area contributed by atoms with Gasteiger partial charge >= 0.3 is 0 Å². The molecule has 36 heavy (non-hydrogen) atoms. The van der Waals surface area contributed by atoms with Gasteiger partial charge in [-0.25, -0.2) is 0 Å². The van der Waals surface area contributed by atoms with Crippen LogP contribution in [0.5, 0.6) is 0 Å². The molecule has 1 aromatic rings. The zero-order chi connectivity index (χ0) is 26.1. The maximum absolute atomic E-state index is 13.4. The highest BCUT2D eigenvalue weighted by Crippen LogP contribution is 2.23. The van der Waals surface area contributed by atoms with Crippen molar-refractivity contribution in [2.45, 2.75) is 57.2 Å². The minimum Gasteiger partial charge on any atom is -0.399 e. The third-order valence-corrected chi connectivity index (χ3v) is 6.60. The molecule has 10 heteroatoms. The van der Waals surface area contributed by atoms with Gasteiger partial charge < -0.3 is 38.5 Å². The first-order valence-corrected chi connectivity index (χ1v) is 12.7. The Morgan fingerprint density at radius 3 is 2.64 bits per heavy atom. The Bertz CT molecular complexity index is 1010. The molecule has 0 radical (unpaired) electrons. The molecule has 0 fully saturated rings. The lowest BCUT2D eigenvalue weighted by molar-refractivity contribution is -0.124. The number of nitrogens with two attached hydrogens (primary N) is 3. The predicted molar refractivity (Wildman–Crippen MR) is 142 cm³/mol. The van der Waals surface area contributed by atoms with Gasteiger partial charge in [0.25, 0.3) is 5.91 Å². The smallest absolute Gasteiger partial charge is 0.253 e. The van der Waals surface area contributed by atoms with Crippen molar-refractivity contribution in [2.24, 2.45) is 17.4 Å². The van der Waals surface area contributed by atoms with Crippen LogP contribution in [-0.2, 0) is 9.59 Å². The van der Waals surface area contributed by atoms with Gasteiger partial charge in [0.2, 0.25) is 11.8 Å². The summed E-state index contributed by atoms with van der Waals surface area (Å²) in [6.45, 7) is 3.45. The number of unbranched alkanes of at least 4 members (excludes halogenated alkanes) is 1. The minimum absolute atomic E-state index is 0.163. The van der Waals surface area contributed by atoms with E-state index in [4.69, 9.17) is 17.2 Å². The second-order valence-electron chi connectivity index (χ2n) is 9.43. The molecule has 1 aromatic carbocycles. The average Bonchev–Trinajstić information content (AvgIpc) is 2.85. The quantitative estimate of drug-likeness (QED) is 0.215. The summed E-state index contributed by atoms with van der Waals surface area (Å²) in [7, 11) is 0. The number of amides is 3. The fraction of sp³-hybridized carbons (Fsp3) is 0.500. The van der Waals surface area contributed by atoms with E-state index < -0.39 is 18.0 Å². The van der Waals surface area contributed by atoms with Crippen LogP contribution >= 0.6 is 0 Å². The van der Waals surface area contributed by atoms with E-state index in [9.17, 15) is 14.4 Å². The van der Waals surface area contributed by atoms with Crippen LogP contribution < -0.4 is 38.5 Å². The maximum Gasteiger partial charge on any atom is 0.253 e. The standard InChI is InChI=1S/C26H39N7O3/c1-2-5-19-15-31-22(6-3-4-11-27)26(36)33-23-12-16(24(29)34)7-8-17(23)14-30-21-10-9-18(28)13-20(21)25(35)32-19/h7-10,12-13,17,19,22-23,30-31H,2-6,11,14-15,27-28H2,1H3,(H2,29,34)(H,32,35)(H,33,36). The number of carbonyl (C=O) groups is 3. The second-order valence-corrected chi connectivity index (χ2v) is 9.43. The lowest BCUT2D eigenvalue weighted by atomic mass is 9.90. The normalized spacial score (nSPS) is 24.8. The van der Waals surface area contributed by atoms with Gasteiger partial charge in [-0.05, 0) is 50.1 Å². The number of primary amides is 1. The second kappa shape index (κ2) is 13.1. The molecule has 10 N–H and O–H groups in total. The van der Waals surface area contributed by atoms with E-state index in [0.29, 0.717) is 48.6 Å². The Balaban J connectivity index is 1.95. The Labute approximate surface area is 212 Å². The molecular weight excluding hydrogens is 458 g/mol. The van der Waals surface area contributed by atoms with Gasteiger partial charge in [0.05, 0.1) is 17.6 Å². The summed E-state index contributed by atoms with van der Waals surface area (Å²) in [4.78, 5) is 38.5. The molecule has 196 valence electrons. The number of carbonyl (C=O) groups excluding carboxylic acids is 3. The summed E-state index contributed by atoms with van der Waals surface area (Å²) < 4.78 is 0. The van der Waals surface area contributed by atoms with E-state index in [-0.39, 0.29) is 23.8 Å². The number of benzene rings is 1. The van der Waals surface area contributed by atoms with Gasteiger partial charge in [-0.1, -0.05) is 31.9 Å². The van der Waals surface area contributed by atoms with Gasteiger partial charge in [0, 0.05) is 42.0 Å². The number of hydrogen-bond donors (Lipinski definition) is 7. The Hall–Kier alpha value is -3.37. The van der Waals surface area contributed by atoms with Crippen LogP contribution in [0.25, 0.3) is 0 Å². The van der Waals surface area contributed by atoms with Gasteiger partial charge in [-0.2, -0.15) is 0 Å². The first-order valence-electron chi connectivity index (χ1n) is 12.7. The lowest BCUT2D eigenvalue weighted by Gasteiger charge is -2.31. The number of rotatable bonds is 7. The predicted octanol–water partition coefficient (Wildman–Crippen LogP) is 0.763. The minimum atomic E-state index is -0.552. The topological polar surface area (TPSA) is 177 Å². The van der Waals surface area contributed by atoms with Crippen LogP contribution in [0.4, 0.5) is 11.4 Å². The third-order valence-electron chi connectivity index (χ3n) is 6.60. The molecule has 4 atom stereocenters. The number of hydrogen-bond acceptors (Lipinski definition) is 7. The number of nitrogen functional groups attached to an aromatic ring is 1. The van der Waals surface area contributed by atoms with Crippen molar-refractivity contribution in [3.63, 3.8) is 0 Å². The van der Waals surface area contributed by atoms with Crippen LogP contribution in [0, 0.1) is 5.92 Å². The molecule has 3 amide bonds. The first kappa shape index (κ1) is 27.2. The summed E-state index contributed by atoms with van der Waals surface area (Å²) in [6, 6.07) is 4.09. The summed E-state index contributed by atoms with van der Waals surface area (Å²) in [5, 5.41) is 12.9. The van der Waals surface area contributed by atoms with E-state index in [1.165, 1.54) is 0 Å². The molecule has 0 bridgehead atoms. The van der Waals surface area contributed by atoms with E-state index in [0.717, 1.165) is 25.7 Å². The van der Waals surface area contributed by atoms with Crippen molar-refractivity contribution in [1.29, 1.82) is 0 Å². The van der Waals surface area contributed by atoms with Crippen LogP contribution in [0.3, 0.4) is 0 Å². The van der Waals surface area contributed by atoms with Gasteiger partial charge in [0.15, 0.2) is 0 Å². The monoisotopic (exact) mass is 497 g/mol. The maximum atomic E-state index is 13.4. The van der Waals surface area contributed by atoms with Crippen molar-refractivity contribution in [3.8, 4) is 0 Å². The van der Waals surface area contributed by atoms with E-state index in [2.05, 4.69) is 28.2 Å². The zero-order valence-electron chi connectivity index (χ0n) is 20.9. The molecule has 1 heterocycles. The first-order chi connectivity index (χ1) is 17.3. The number of nitrogens with one attached hydrogen (secondary N) is 4. The van der Waals surface area contributed by atoms with Crippen molar-refractivity contribution >= 4 is 29.1 Å². The van der Waals surface area contributed by atoms with E-state index in [1.54, 1.807) is 30.4 Å². The molecule has 0 aromatic heterocycles. The highest BCUT2D eigenvalue weighted by Gasteiger charge is 2.29. The Kier molecular flexibility index (Phi) is 9.89. The molecule has 2 aliphatic rings. The number of fused-ring (bicyclic) bond motifs is 2. The van der Waals surface area contributed by atoms with Gasteiger partial charge in [-0.15, -0.1) is 0 Å². The molecular formula is C26H39N7O3. The van der Waals surface area contributed by atoms with Gasteiger partial charge in [-0.3, -0.25) is 14.4 Å². The molecule has 0 saturated heterocycles. The van der Waals surface area contributed by atoms with E-state index in [1.807, 2.05) is 6.08 Å². The summed E-state index contributed by atoms with van der Waals surface area (Å²) >= 11 is 0. The van der Waals surface area contributed by atoms with Gasteiger partial charge in [0.1, 0.15) is 0 Å². The average molecular weight is 498 g/mol. The molecule has 0 saturated carbocycles. The van der Waals surface area contributed by atoms with Crippen molar-refractivity contribution in [2.75, 3.05) is 30.7 Å². The molecule has 1 aliphatic carbocycles. The van der Waals surface area contributed by atoms with Crippen molar-refractivity contribution < 1.29 is 14.4 Å². The molecule has 1 aliphatic heterocycles. The fourth-order valence-electron chi connectivity index (χ4n) is 4.56. The van der Waals surface area contributed by atoms with Crippen LogP contribution in [0.1, 0.15) is 49.4 Å². The highest BCUT2D eigenvalue weighted by atomic mass is 16.2. The summed E-state index contributed by atoms with van der Waals surface area (Å²) in [6.07, 6.45) is 9.05. The lowest BCUT2D eigenvalue weighted by Crippen LogP contribution is -2.53. The Morgan fingerprint density at radius 2 is 1.92 bits per heavy atom. The summed E-state index contributed by atoms with van der Waals surface area (Å²) in [5.74, 6) is -1.11. The Morgan fingerprint density at radius 1 is 1.11 bits per heavy atom. The molecule has 3 rings (SSSR count). The van der Waals surface area contributed by atoms with Crippen LogP contribution in [0.2, 0.25) is 0 Å². The van der Waals surface area contributed by atoms with Crippen molar-refractivity contribution in [1.82, 2.24) is 16.0 Å². The largest absolute Gasteiger partial charge is 0.399 e. The zero-order valence-corrected chi connectivity index (χ0v) is 20.9. The fourth-order valence-corrected chi connectivity index (χ4v) is 4.56.